The average Bonchev–Trinajstić information content (AvgIpc) is 2.17. The second kappa shape index (κ2) is 4.35. The molecule has 0 atom stereocenters. The van der Waals surface area contributed by atoms with Crippen molar-refractivity contribution < 1.29 is 18.3 Å². The Morgan fingerprint density at radius 3 is 2.62 bits per heavy atom. The summed E-state index contributed by atoms with van der Waals surface area (Å²) < 4.78 is 31.2. The molecule has 1 aromatic rings. The molecule has 0 aliphatic carbocycles. The summed E-state index contributed by atoms with van der Waals surface area (Å²) in [5.41, 5.74) is -0.353. The number of ether oxygens (including phenoxy) is 1. The Morgan fingerprint density at radius 1 is 1.38 bits per heavy atom. The lowest BCUT2D eigenvalue weighted by Gasteiger charge is -2.26. The Bertz CT molecular complexity index is 435. The van der Waals surface area contributed by atoms with Crippen molar-refractivity contribution in [3.8, 4) is 0 Å². The van der Waals surface area contributed by atoms with Crippen LogP contribution in [0.1, 0.15) is 10.4 Å². The Kier molecular flexibility index (Phi) is 3.07. The van der Waals surface area contributed by atoms with Gasteiger partial charge in [0, 0.05) is 0 Å². The smallest absolute Gasteiger partial charge is 0.254 e. The quantitative estimate of drug-likeness (QED) is 0.809. The molecule has 1 N–H and O–H groups in total. The fourth-order valence-electron chi connectivity index (χ4n) is 1.28. The van der Waals surface area contributed by atoms with Crippen molar-refractivity contribution in [1.82, 2.24) is 5.32 Å². The van der Waals surface area contributed by atoms with Crippen LogP contribution in [0.25, 0.3) is 0 Å². The van der Waals surface area contributed by atoms with E-state index < -0.39 is 17.5 Å². The van der Waals surface area contributed by atoms with Crippen LogP contribution in [-0.4, -0.2) is 25.2 Å². The molecule has 0 unspecified atom stereocenters. The number of benzene rings is 1. The van der Waals surface area contributed by atoms with Gasteiger partial charge in [0.2, 0.25) is 0 Å². The monoisotopic (exact) mass is 247 g/mol. The first-order valence-corrected chi connectivity index (χ1v) is 4.99. The van der Waals surface area contributed by atoms with Crippen molar-refractivity contribution in [1.29, 1.82) is 0 Å². The van der Waals surface area contributed by atoms with Gasteiger partial charge in [-0.15, -0.1) is 0 Å². The highest BCUT2D eigenvalue weighted by atomic mass is 35.5. The van der Waals surface area contributed by atoms with Crippen LogP contribution in [0.2, 0.25) is 5.02 Å². The van der Waals surface area contributed by atoms with E-state index in [0.29, 0.717) is 13.2 Å². The van der Waals surface area contributed by atoms with E-state index in [9.17, 15) is 13.6 Å². The maximum Gasteiger partial charge on any atom is 0.254 e. The summed E-state index contributed by atoms with van der Waals surface area (Å²) in [5.74, 6) is -2.33. The molecule has 1 fully saturated rings. The summed E-state index contributed by atoms with van der Waals surface area (Å²) in [5, 5.41) is 2.16. The first kappa shape index (κ1) is 11.3. The van der Waals surface area contributed by atoms with E-state index in [1.807, 2.05) is 0 Å². The molecule has 3 nitrogen and oxygen atoms in total. The number of amides is 1. The van der Waals surface area contributed by atoms with Crippen molar-refractivity contribution in [2.75, 3.05) is 13.2 Å². The minimum atomic E-state index is -0.843. The molecule has 1 aliphatic rings. The second-order valence-corrected chi connectivity index (χ2v) is 3.86. The first-order chi connectivity index (χ1) is 7.58. The van der Waals surface area contributed by atoms with Crippen LogP contribution < -0.4 is 5.32 Å². The minimum absolute atomic E-state index is 0.134. The van der Waals surface area contributed by atoms with Gasteiger partial charge in [-0.25, -0.2) is 8.78 Å². The Labute approximate surface area is 95.3 Å². The van der Waals surface area contributed by atoms with Crippen molar-refractivity contribution in [3.05, 3.63) is 34.4 Å². The maximum absolute atomic E-state index is 13.3. The Balaban J connectivity index is 2.18. The normalized spacial score (nSPS) is 15.7. The number of carbonyl (C=O) groups is 1. The molecule has 0 saturated carbocycles. The van der Waals surface area contributed by atoms with E-state index in [1.54, 1.807) is 0 Å². The minimum Gasteiger partial charge on any atom is -0.377 e. The lowest BCUT2D eigenvalue weighted by atomic mass is 10.1. The summed E-state index contributed by atoms with van der Waals surface area (Å²) in [6.07, 6.45) is 0. The fraction of sp³-hybridized carbons (Fsp3) is 0.300. The zero-order chi connectivity index (χ0) is 11.7. The van der Waals surface area contributed by atoms with Gasteiger partial charge in [0.1, 0.15) is 11.6 Å². The third kappa shape index (κ3) is 2.15. The number of hydrogen-bond donors (Lipinski definition) is 1. The van der Waals surface area contributed by atoms with Gasteiger partial charge in [-0.05, 0) is 12.1 Å². The molecule has 1 aliphatic heterocycles. The first-order valence-electron chi connectivity index (χ1n) is 4.61. The van der Waals surface area contributed by atoms with E-state index in [2.05, 4.69) is 5.32 Å². The lowest BCUT2D eigenvalue weighted by Crippen LogP contribution is -2.48. The third-order valence-corrected chi connectivity index (χ3v) is 2.52. The molecule has 86 valence electrons. The van der Waals surface area contributed by atoms with Crippen LogP contribution in [0.4, 0.5) is 8.78 Å². The third-order valence-electron chi connectivity index (χ3n) is 2.23. The van der Waals surface area contributed by atoms with Crippen LogP contribution in [0.15, 0.2) is 12.1 Å². The maximum atomic E-state index is 13.3. The molecule has 0 aromatic heterocycles. The predicted octanol–water partition coefficient (Wildman–Crippen LogP) is 1.75. The topological polar surface area (TPSA) is 38.3 Å². The molecule has 1 amide bonds. The van der Waals surface area contributed by atoms with Gasteiger partial charge < -0.3 is 10.1 Å². The van der Waals surface area contributed by atoms with Gasteiger partial charge >= 0.3 is 0 Å². The molecule has 1 aromatic carbocycles. The largest absolute Gasteiger partial charge is 0.377 e. The SMILES string of the molecule is O=C(NC1COC1)c1cc(F)c(Cl)cc1F. The summed E-state index contributed by atoms with van der Waals surface area (Å²) in [6.45, 7) is 0.785. The van der Waals surface area contributed by atoms with E-state index in [-0.39, 0.29) is 16.6 Å². The van der Waals surface area contributed by atoms with Gasteiger partial charge in [-0.3, -0.25) is 4.79 Å². The molecule has 0 bridgehead atoms. The molecule has 16 heavy (non-hydrogen) atoms. The number of carbonyl (C=O) groups excluding carboxylic acids is 1. The van der Waals surface area contributed by atoms with Gasteiger partial charge in [-0.2, -0.15) is 0 Å². The molecule has 6 heteroatoms. The van der Waals surface area contributed by atoms with Gasteiger partial charge in [0.25, 0.3) is 5.91 Å². The Morgan fingerprint density at radius 2 is 2.06 bits per heavy atom. The van der Waals surface area contributed by atoms with Crippen LogP contribution in [-0.2, 0) is 4.74 Å². The summed E-state index contributed by atoms with van der Waals surface area (Å²) in [7, 11) is 0. The number of halogens is 3. The van der Waals surface area contributed by atoms with E-state index in [0.717, 1.165) is 12.1 Å². The average molecular weight is 248 g/mol. The van der Waals surface area contributed by atoms with Crippen molar-refractivity contribution in [2.45, 2.75) is 6.04 Å². The molecule has 0 spiro atoms. The summed E-state index contributed by atoms with van der Waals surface area (Å²) >= 11 is 5.37. The summed E-state index contributed by atoms with van der Waals surface area (Å²) in [6, 6.07) is 1.43. The fourth-order valence-corrected chi connectivity index (χ4v) is 1.43. The van der Waals surface area contributed by atoms with Gasteiger partial charge in [-0.1, -0.05) is 11.6 Å². The second-order valence-electron chi connectivity index (χ2n) is 3.45. The van der Waals surface area contributed by atoms with Crippen molar-refractivity contribution in [2.24, 2.45) is 0 Å². The highest BCUT2D eigenvalue weighted by Gasteiger charge is 2.23. The van der Waals surface area contributed by atoms with Crippen LogP contribution >= 0.6 is 11.6 Å². The standard InChI is InChI=1S/C10H8ClF2NO2/c11-7-2-8(12)6(1-9(7)13)10(15)14-5-3-16-4-5/h1-2,5H,3-4H2,(H,14,15). The molecular weight excluding hydrogens is 240 g/mol. The van der Waals surface area contributed by atoms with E-state index in [4.69, 9.17) is 16.3 Å². The lowest BCUT2D eigenvalue weighted by molar-refractivity contribution is -0.00353. The van der Waals surface area contributed by atoms with Gasteiger partial charge in [0.15, 0.2) is 0 Å². The summed E-state index contributed by atoms with van der Waals surface area (Å²) in [4.78, 5) is 11.5. The molecule has 2 rings (SSSR count). The number of rotatable bonds is 2. The molecule has 1 saturated heterocycles. The van der Waals surface area contributed by atoms with Crippen LogP contribution in [0, 0.1) is 11.6 Å². The number of hydrogen-bond acceptors (Lipinski definition) is 2. The predicted molar refractivity (Wildman–Crippen MR) is 53.4 cm³/mol. The van der Waals surface area contributed by atoms with Gasteiger partial charge in [0.05, 0.1) is 29.8 Å². The van der Waals surface area contributed by atoms with Crippen LogP contribution in [0.5, 0.6) is 0 Å². The van der Waals surface area contributed by atoms with Crippen molar-refractivity contribution in [3.63, 3.8) is 0 Å². The Hall–Kier alpha value is -1.20. The highest BCUT2D eigenvalue weighted by molar-refractivity contribution is 6.30. The highest BCUT2D eigenvalue weighted by Crippen LogP contribution is 2.19. The zero-order valence-corrected chi connectivity index (χ0v) is 8.85. The number of nitrogens with one attached hydrogen (secondary N) is 1. The van der Waals surface area contributed by atoms with Crippen molar-refractivity contribution >= 4 is 17.5 Å². The van der Waals surface area contributed by atoms with E-state index >= 15 is 0 Å². The molecular formula is C10H8ClF2NO2. The molecule has 1 heterocycles. The van der Waals surface area contributed by atoms with Crippen LogP contribution in [0.3, 0.4) is 0 Å². The molecule has 0 radical (unpaired) electrons. The van der Waals surface area contributed by atoms with E-state index in [1.165, 1.54) is 0 Å². The zero-order valence-electron chi connectivity index (χ0n) is 8.10.